The number of rotatable bonds is 7. The van der Waals surface area contributed by atoms with Crippen LogP contribution in [0.15, 0.2) is 22.8 Å². The van der Waals surface area contributed by atoms with Crippen LogP contribution in [0.4, 0.5) is 0 Å². The predicted octanol–water partition coefficient (Wildman–Crippen LogP) is 3.35. The first-order valence-corrected chi connectivity index (χ1v) is 11.0. The lowest BCUT2D eigenvalue weighted by Gasteiger charge is -2.43. The maximum Gasteiger partial charge on any atom is 0.168 e. The lowest BCUT2D eigenvalue weighted by atomic mass is 9.93. The van der Waals surface area contributed by atoms with Crippen LogP contribution in [0.1, 0.15) is 70.0 Å². The van der Waals surface area contributed by atoms with Crippen LogP contribution in [0.2, 0.25) is 0 Å². The summed E-state index contributed by atoms with van der Waals surface area (Å²) in [6.45, 7) is 9.69. The fourth-order valence-electron chi connectivity index (χ4n) is 4.84. The molecule has 0 bridgehead atoms. The molecule has 0 spiro atoms. The maximum absolute atomic E-state index is 5.51. The maximum atomic E-state index is 5.51. The summed E-state index contributed by atoms with van der Waals surface area (Å²) >= 11 is 0. The van der Waals surface area contributed by atoms with E-state index >= 15 is 0 Å². The molecule has 2 aromatic rings. The van der Waals surface area contributed by atoms with Gasteiger partial charge in [-0.05, 0) is 47.7 Å². The Morgan fingerprint density at radius 1 is 1.11 bits per heavy atom. The zero-order chi connectivity index (χ0) is 19.3. The van der Waals surface area contributed by atoms with Crippen molar-refractivity contribution in [3.05, 3.63) is 30.0 Å². The number of hydrogen-bond donors (Lipinski definition) is 0. The summed E-state index contributed by atoms with van der Waals surface area (Å²) in [6, 6.07) is 4.96. The number of piperazine rings is 1. The van der Waals surface area contributed by atoms with E-state index in [0.29, 0.717) is 12.5 Å². The van der Waals surface area contributed by atoms with Crippen LogP contribution >= 0.6 is 0 Å². The molecule has 0 N–H and O–H groups in total. The quantitative estimate of drug-likeness (QED) is 0.727. The van der Waals surface area contributed by atoms with Gasteiger partial charge in [-0.3, -0.25) is 9.80 Å². The summed E-state index contributed by atoms with van der Waals surface area (Å²) in [5, 5.41) is 12.7. The Morgan fingerprint density at radius 2 is 1.89 bits per heavy atom. The number of aromatic nitrogens is 4. The molecule has 0 radical (unpaired) electrons. The first kappa shape index (κ1) is 19.6. The van der Waals surface area contributed by atoms with E-state index in [4.69, 9.17) is 4.42 Å². The Bertz CT molecular complexity index is 698. The van der Waals surface area contributed by atoms with Crippen molar-refractivity contribution in [1.82, 2.24) is 30.0 Å². The Labute approximate surface area is 168 Å². The first-order chi connectivity index (χ1) is 13.7. The molecule has 1 aliphatic carbocycles. The van der Waals surface area contributed by atoms with Gasteiger partial charge in [-0.25, -0.2) is 4.68 Å². The van der Waals surface area contributed by atoms with Crippen LogP contribution in [0.5, 0.6) is 0 Å². The molecule has 3 heterocycles. The molecule has 1 aliphatic heterocycles. The van der Waals surface area contributed by atoms with E-state index in [9.17, 15) is 0 Å². The second-order valence-electron chi connectivity index (χ2n) is 8.78. The summed E-state index contributed by atoms with van der Waals surface area (Å²) in [4.78, 5) is 5.33. The van der Waals surface area contributed by atoms with Crippen molar-refractivity contribution in [2.45, 2.75) is 71.0 Å². The second kappa shape index (κ2) is 9.18. The highest BCUT2D eigenvalue weighted by Crippen LogP contribution is 2.29. The average Bonchev–Trinajstić information content (AvgIpc) is 3.39. The van der Waals surface area contributed by atoms with Crippen molar-refractivity contribution in [3.8, 4) is 0 Å². The minimum absolute atomic E-state index is 0.262. The molecule has 2 aromatic heterocycles. The van der Waals surface area contributed by atoms with Gasteiger partial charge in [-0.1, -0.05) is 33.1 Å². The fourth-order valence-corrected chi connectivity index (χ4v) is 4.84. The standard InChI is InChI=1S/C21H34N6O/c1-17(2)15-20(21-22-23-24-27(21)16-19-9-6-14-28-19)26-12-10-25(11-13-26)18-7-4-3-5-8-18/h6,9,14,17-18,20H,3-5,7-8,10-13,15-16H2,1-2H3. The molecule has 154 valence electrons. The van der Waals surface area contributed by atoms with Gasteiger partial charge in [0.15, 0.2) is 5.82 Å². The Kier molecular flexibility index (Phi) is 6.42. The van der Waals surface area contributed by atoms with Gasteiger partial charge < -0.3 is 4.42 Å². The van der Waals surface area contributed by atoms with E-state index in [1.54, 1.807) is 6.26 Å². The summed E-state index contributed by atoms with van der Waals surface area (Å²) < 4.78 is 7.43. The van der Waals surface area contributed by atoms with Crippen molar-refractivity contribution < 1.29 is 4.42 Å². The minimum Gasteiger partial charge on any atom is -0.467 e. The van der Waals surface area contributed by atoms with E-state index in [1.165, 1.54) is 45.2 Å². The zero-order valence-electron chi connectivity index (χ0n) is 17.3. The number of hydrogen-bond acceptors (Lipinski definition) is 6. The third kappa shape index (κ3) is 4.63. The Hall–Kier alpha value is -1.73. The van der Waals surface area contributed by atoms with Crippen LogP contribution in [0.25, 0.3) is 0 Å². The SMILES string of the molecule is CC(C)CC(c1nnnn1Cc1ccco1)N1CCN(C2CCCCC2)CC1. The number of furan rings is 1. The third-order valence-electron chi connectivity index (χ3n) is 6.32. The van der Waals surface area contributed by atoms with E-state index in [0.717, 1.165) is 37.1 Å². The number of tetrazole rings is 1. The van der Waals surface area contributed by atoms with Crippen molar-refractivity contribution in [2.75, 3.05) is 26.2 Å². The van der Waals surface area contributed by atoms with Gasteiger partial charge in [0, 0.05) is 32.2 Å². The molecule has 0 amide bonds. The van der Waals surface area contributed by atoms with Crippen LogP contribution < -0.4 is 0 Å². The van der Waals surface area contributed by atoms with Gasteiger partial charge in [0.05, 0.1) is 12.3 Å². The van der Waals surface area contributed by atoms with Gasteiger partial charge in [0.2, 0.25) is 0 Å². The summed E-state index contributed by atoms with van der Waals surface area (Å²) in [6.07, 6.45) is 9.78. The zero-order valence-corrected chi connectivity index (χ0v) is 17.3. The molecule has 7 nitrogen and oxygen atoms in total. The summed E-state index contributed by atoms with van der Waals surface area (Å²) in [5.41, 5.74) is 0. The topological polar surface area (TPSA) is 63.2 Å². The van der Waals surface area contributed by atoms with Crippen molar-refractivity contribution in [1.29, 1.82) is 0 Å². The van der Waals surface area contributed by atoms with Gasteiger partial charge in [0.25, 0.3) is 0 Å². The van der Waals surface area contributed by atoms with E-state index in [1.807, 2.05) is 16.8 Å². The molecule has 2 fully saturated rings. The molecule has 7 heteroatoms. The highest BCUT2D eigenvalue weighted by molar-refractivity contribution is 5.02. The lowest BCUT2D eigenvalue weighted by Crippen LogP contribution is -2.52. The normalized spacial score (nSPS) is 21.4. The van der Waals surface area contributed by atoms with Gasteiger partial charge in [-0.15, -0.1) is 5.10 Å². The highest BCUT2D eigenvalue weighted by Gasteiger charge is 2.32. The Morgan fingerprint density at radius 3 is 2.57 bits per heavy atom. The summed E-state index contributed by atoms with van der Waals surface area (Å²) in [7, 11) is 0. The molecular formula is C21H34N6O. The van der Waals surface area contributed by atoms with Crippen molar-refractivity contribution in [3.63, 3.8) is 0 Å². The van der Waals surface area contributed by atoms with E-state index in [-0.39, 0.29) is 6.04 Å². The first-order valence-electron chi connectivity index (χ1n) is 11.0. The molecular weight excluding hydrogens is 352 g/mol. The van der Waals surface area contributed by atoms with Gasteiger partial charge in [-0.2, -0.15) is 0 Å². The number of nitrogens with zero attached hydrogens (tertiary/aromatic N) is 6. The van der Waals surface area contributed by atoms with Gasteiger partial charge >= 0.3 is 0 Å². The van der Waals surface area contributed by atoms with Crippen LogP contribution in [-0.4, -0.2) is 62.2 Å². The molecule has 28 heavy (non-hydrogen) atoms. The van der Waals surface area contributed by atoms with Crippen LogP contribution in [-0.2, 0) is 6.54 Å². The van der Waals surface area contributed by atoms with Crippen molar-refractivity contribution in [2.24, 2.45) is 5.92 Å². The van der Waals surface area contributed by atoms with Crippen LogP contribution in [0.3, 0.4) is 0 Å². The van der Waals surface area contributed by atoms with Crippen molar-refractivity contribution >= 4 is 0 Å². The molecule has 2 aliphatic rings. The summed E-state index contributed by atoms with van der Waals surface area (Å²) in [5.74, 6) is 2.45. The molecule has 4 rings (SSSR count). The monoisotopic (exact) mass is 386 g/mol. The Balaban J connectivity index is 1.45. The molecule has 1 unspecified atom stereocenters. The molecule has 1 saturated carbocycles. The lowest BCUT2D eigenvalue weighted by molar-refractivity contribution is 0.0468. The molecule has 1 saturated heterocycles. The largest absolute Gasteiger partial charge is 0.467 e. The van der Waals surface area contributed by atoms with Crippen LogP contribution in [0, 0.1) is 5.92 Å². The molecule has 0 aromatic carbocycles. The average molecular weight is 387 g/mol. The second-order valence-corrected chi connectivity index (χ2v) is 8.78. The predicted molar refractivity (Wildman–Crippen MR) is 108 cm³/mol. The van der Waals surface area contributed by atoms with E-state index < -0.39 is 0 Å². The van der Waals surface area contributed by atoms with Gasteiger partial charge in [0.1, 0.15) is 12.3 Å². The fraction of sp³-hybridized carbons (Fsp3) is 0.762. The molecule has 1 atom stereocenters. The third-order valence-corrected chi connectivity index (χ3v) is 6.32. The minimum atomic E-state index is 0.262. The highest BCUT2D eigenvalue weighted by atomic mass is 16.3. The smallest absolute Gasteiger partial charge is 0.168 e. The van der Waals surface area contributed by atoms with E-state index in [2.05, 4.69) is 39.2 Å².